The van der Waals surface area contributed by atoms with Crippen LogP contribution in [0.5, 0.6) is 23.0 Å². The smallest absolute Gasteiger partial charge is 0.343 e. The highest BCUT2D eigenvalue weighted by Gasteiger charge is 2.29. The second-order valence-corrected chi connectivity index (χ2v) is 20.8. The molecule has 4 aromatic carbocycles. The van der Waals surface area contributed by atoms with E-state index < -0.39 is 17.9 Å². The van der Waals surface area contributed by atoms with E-state index in [1.807, 2.05) is 0 Å². The Kier molecular flexibility index (Phi) is 14.4. The summed E-state index contributed by atoms with van der Waals surface area (Å²) in [4.78, 5) is 38.3. The van der Waals surface area contributed by atoms with Crippen molar-refractivity contribution in [2.75, 3.05) is 41.2 Å². The second-order valence-electron chi connectivity index (χ2n) is 20.8. The first kappa shape index (κ1) is 48.5. The van der Waals surface area contributed by atoms with Gasteiger partial charge in [0.25, 0.3) is 0 Å². The number of phenolic OH excluding ortho intramolecular Hbond substituents is 1. The lowest BCUT2D eigenvalue weighted by molar-refractivity contribution is -0.143. The van der Waals surface area contributed by atoms with Gasteiger partial charge in [-0.2, -0.15) is 0 Å². The molecular weight excluding hydrogens is 797 g/mol. The Morgan fingerprint density at radius 3 is 0.778 bits per heavy atom. The monoisotopic (exact) mass is 864 g/mol. The van der Waals surface area contributed by atoms with E-state index in [0.29, 0.717) is 41.2 Å². The summed E-state index contributed by atoms with van der Waals surface area (Å²) in [6, 6.07) is 16.8. The van der Waals surface area contributed by atoms with E-state index in [4.69, 9.17) is 28.4 Å². The topological polar surface area (TPSA) is 127 Å². The van der Waals surface area contributed by atoms with E-state index in [9.17, 15) is 19.5 Å². The molecule has 4 aromatic rings. The van der Waals surface area contributed by atoms with Crippen LogP contribution < -0.4 is 14.2 Å². The molecule has 10 heteroatoms. The predicted octanol–water partition coefficient (Wildman–Crippen LogP) is 9.91. The number of carbonyl (C=O) groups excluding carboxylic acids is 3. The number of rotatable bonds is 9. The highest BCUT2D eigenvalue weighted by molar-refractivity contribution is 5.72. The molecule has 5 rings (SSSR count). The fourth-order valence-corrected chi connectivity index (χ4v) is 7.76. The zero-order chi connectivity index (χ0) is 46.8. The number of phenols is 1. The van der Waals surface area contributed by atoms with Crippen molar-refractivity contribution in [3.8, 4) is 23.0 Å². The molecule has 63 heavy (non-hydrogen) atoms. The summed E-state index contributed by atoms with van der Waals surface area (Å²) < 4.78 is 34.7. The molecule has 0 atom stereocenters. The lowest BCUT2D eigenvalue weighted by atomic mass is 9.79. The molecule has 0 aliphatic heterocycles. The second kappa shape index (κ2) is 18.7. The van der Waals surface area contributed by atoms with Crippen LogP contribution >= 0.6 is 0 Å². The predicted molar refractivity (Wildman–Crippen MR) is 246 cm³/mol. The van der Waals surface area contributed by atoms with Gasteiger partial charge in [-0.05, 0) is 88.4 Å². The summed E-state index contributed by atoms with van der Waals surface area (Å²) in [7, 11) is 3.98. The molecular formula is C53H68O10. The number of hydrogen-bond donors (Lipinski definition) is 1. The summed E-state index contributed by atoms with van der Waals surface area (Å²) in [5.74, 6) is 0.0365. The van der Waals surface area contributed by atoms with Gasteiger partial charge in [-0.1, -0.05) is 132 Å². The molecule has 1 aliphatic rings. The van der Waals surface area contributed by atoms with E-state index in [-0.39, 0.29) is 60.1 Å². The van der Waals surface area contributed by atoms with Crippen molar-refractivity contribution in [2.24, 2.45) is 0 Å². The van der Waals surface area contributed by atoms with Crippen LogP contribution in [0.25, 0.3) is 0 Å². The van der Waals surface area contributed by atoms with Gasteiger partial charge in [0, 0.05) is 25.7 Å². The number of aromatic hydroxyl groups is 1. The van der Waals surface area contributed by atoms with E-state index in [0.717, 1.165) is 55.6 Å². The number of esters is 3. The van der Waals surface area contributed by atoms with Crippen molar-refractivity contribution in [1.82, 2.24) is 0 Å². The lowest BCUT2D eigenvalue weighted by Gasteiger charge is -2.28. The highest BCUT2D eigenvalue weighted by Crippen LogP contribution is 2.44. The Balaban J connectivity index is 2.00. The van der Waals surface area contributed by atoms with Crippen LogP contribution in [0.15, 0.2) is 48.5 Å². The molecule has 0 heterocycles. The number of ether oxygens (including phenoxy) is 6. The van der Waals surface area contributed by atoms with Crippen LogP contribution in [-0.2, 0) is 75.9 Å². The third-order valence-corrected chi connectivity index (χ3v) is 11.7. The lowest BCUT2D eigenvalue weighted by Crippen LogP contribution is -2.20. The van der Waals surface area contributed by atoms with Crippen LogP contribution in [0.2, 0.25) is 0 Å². The molecule has 0 amide bonds. The first-order valence-electron chi connectivity index (χ1n) is 21.7. The Morgan fingerprint density at radius 1 is 0.397 bits per heavy atom. The van der Waals surface area contributed by atoms with Gasteiger partial charge in [0.05, 0.1) is 21.3 Å². The quantitative estimate of drug-likeness (QED) is 0.113. The molecule has 0 aromatic heterocycles. The van der Waals surface area contributed by atoms with E-state index in [1.54, 1.807) is 0 Å². The molecule has 0 unspecified atom stereocenters. The fraction of sp³-hybridized carbons (Fsp3) is 0.491. The van der Waals surface area contributed by atoms with Gasteiger partial charge in [0.1, 0.15) is 23.0 Å². The molecule has 1 N–H and O–H groups in total. The molecule has 0 spiro atoms. The average molecular weight is 865 g/mol. The Labute approximate surface area is 374 Å². The summed E-state index contributed by atoms with van der Waals surface area (Å²) in [5.41, 5.74) is 9.00. The van der Waals surface area contributed by atoms with E-state index in [1.165, 1.54) is 21.3 Å². The molecule has 0 saturated carbocycles. The van der Waals surface area contributed by atoms with E-state index >= 15 is 0 Å². The van der Waals surface area contributed by atoms with Crippen molar-refractivity contribution in [3.05, 3.63) is 115 Å². The molecule has 1 aliphatic carbocycles. The van der Waals surface area contributed by atoms with Gasteiger partial charge in [-0.3, -0.25) is 0 Å². The van der Waals surface area contributed by atoms with E-state index in [2.05, 4.69) is 132 Å². The van der Waals surface area contributed by atoms with Crippen molar-refractivity contribution < 1.29 is 47.9 Å². The summed E-state index contributed by atoms with van der Waals surface area (Å²) >= 11 is 0. The molecule has 0 saturated heterocycles. The summed E-state index contributed by atoms with van der Waals surface area (Å²) in [5, 5.41) is 12.5. The number of methoxy groups -OCH3 is 3. The van der Waals surface area contributed by atoms with Crippen molar-refractivity contribution >= 4 is 17.9 Å². The third-order valence-electron chi connectivity index (χ3n) is 11.7. The van der Waals surface area contributed by atoms with Gasteiger partial charge in [-0.15, -0.1) is 0 Å². The van der Waals surface area contributed by atoms with Crippen LogP contribution in [0.1, 0.15) is 150 Å². The van der Waals surface area contributed by atoms with Crippen molar-refractivity contribution in [2.45, 2.75) is 130 Å². The third kappa shape index (κ3) is 11.7. The maximum atomic E-state index is 12.8. The minimum Gasteiger partial charge on any atom is -0.507 e. The van der Waals surface area contributed by atoms with Gasteiger partial charge < -0.3 is 33.5 Å². The summed E-state index contributed by atoms with van der Waals surface area (Å²) in [6.45, 7) is 24.8. The normalized spacial score (nSPS) is 13.2. The van der Waals surface area contributed by atoms with Gasteiger partial charge in [0.15, 0.2) is 19.8 Å². The van der Waals surface area contributed by atoms with Crippen LogP contribution in [0.4, 0.5) is 0 Å². The maximum Gasteiger partial charge on any atom is 0.343 e. The Hall–Kier alpha value is -5.51. The number of benzene rings is 4. The van der Waals surface area contributed by atoms with Gasteiger partial charge in [-0.25, -0.2) is 14.4 Å². The average Bonchev–Trinajstić information content (AvgIpc) is 3.18. The number of carbonyl (C=O) groups is 3. The molecule has 10 nitrogen and oxygen atoms in total. The standard InChI is InChI=1S/C53H68O10/c1-50(2,3)39-20-31-16-33-22-40(51(4,5)6)24-35(47(33)61-28-43(54)58-13)18-37-26-42(53(10,11)12)27-38(49(37)63-30-45(56)60-15)19-36-25-41(52(7,8)9)23-34(17-32(21-39)46(31)57)48(36)62-29-44(55)59-14/h20-27,57H,16-19,28-30H2,1-15H3. The maximum absolute atomic E-state index is 12.8. The Morgan fingerprint density at radius 2 is 0.587 bits per heavy atom. The van der Waals surface area contributed by atoms with Gasteiger partial charge in [0.2, 0.25) is 0 Å². The molecule has 0 fully saturated rings. The SMILES string of the molecule is COC(=O)COc1c2cc(C(C)(C)C)cc1Cc1cc(C(C)(C)C)cc(c1OCC(=O)OC)Cc1cc(C(C)(C)C)cc(c1OCC(=O)OC)Cc1cc(C(C)(C)C)cc(c1O)C2. The first-order valence-corrected chi connectivity index (χ1v) is 21.7. The zero-order valence-corrected chi connectivity index (χ0v) is 40.2. The number of hydrogen-bond acceptors (Lipinski definition) is 10. The highest BCUT2D eigenvalue weighted by atomic mass is 16.6. The molecule has 0 radical (unpaired) electrons. The molecule has 340 valence electrons. The minimum absolute atomic E-state index is 0.136. The largest absolute Gasteiger partial charge is 0.507 e. The van der Waals surface area contributed by atoms with Crippen LogP contribution in [0, 0.1) is 0 Å². The Bertz CT molecular complexity index is 2220. The fourth-order valence-electron chi connectivity index (χ4n) is 7.76. The zero-order valence-electron chi connectivity index (χ0n) is 40.2. The first-order chi connectivity index (χ1) is 29.2. The van der Waals surface area contributed by atoms with Crippen molar-refractivity contribution in [1.29, 1.82) is 0 Å². The van der Waals surface area contributed by atoms with Crippen LogP contribution in [0.3, 0.4) is 0 Å². The molecule has 8 bridgehead atoms. The van der Waals surface area contributed by atoms with Crippen LogP contribution in [-0.4, -0.2) is 64.2 Å². The van der Waals surface area contributed by atoms with Crippen molar-refractivity contribution in [3.63, 3.8) is 0 Å². The minimum atomic E-state index is -0.539. The number of fused-ring (bicyclic) bond motifs is 8. The summed E-state index contributed by atoms with van der Waals surface area (Å²) in [6.07, 6.45) is 1.13. The van der Waals surface area contributed by atoms with Gasteiger partial charge >= 0.3 is 17.9 Å².